The van der Waals surface area contributed by atoms with Gasteiger partial charge in [0.25, 0.3) is 0 Å². The van der Waals surface area contributed by atoms with E-state index >= 15 is 0 Å². The molecule has 6 nitrogen and oxygen atoms in total. The topological polar surface area (TPSA) is 58.9 Å². The van der Waals surface area contributed by atoms with Crippen molar-refractivity contribution < 1.29 is 0 Å². The molecule has 1 fully saturated rings. The van der Waals surface area contributed by atoms with Crippen LogP contribution in [0.1, 0.15) is 24.1 Å². The van der Waals surface area contributed by atoms with E-state index in [-0.39, 0.29) is 0 Å². The Bertz CT molecular complexity index is 811. The zero-order chi connectivity index (χ0) is 17.8. The summed E-state index contributed by atoms with van der Waals surface area (Å²) in [6, 6.07) is 13.2. The van der Waals surface area contributed by atoms with Gasteiger partial charge in [0.2, 0.25) is 0 Å². The van der Waals surface area contributed by atoms with E-state index in [1.807, 2.05) is 30.1 Å². The number of rotatable bonds is 5. The molecule has 2 aromatic heterocycles. The van der Waals surface area contributed by atoms with Crippen LogP contribution in [0.25, 0.3) is 5.69 Å². The molecule has 1 aromatic carbocycles. The first-order valence-electron chi connectivity index (χ1n) is 9.14. The second kappa shape index (κ2) is 7.66. The first-order valence-corrected chi connectivity index (χ1v) is 9.14. The molecule has 6 heteroatoms. The highest BCUT2D eigenvalue weighted by Crippen LogP contribution is 2.18. The minimum atomic E-state index is 0.472. The normalized spacial score (nSPS) is 17.4. The van der Waals surface area contributed by atoms with Crippen LogP contribution in [0.4, 0.5) is 5.82 Å². The maximum atomic E-state index is 4.33. The van der Waals surface area contributed by atoms with E-state index in [0.717, 1.165) is 36.8 Å². The Balaban J connectivity index is 1.33. The maximum absolute atomic E-state index is 4.33. The first kappa shape index (κ1) is 16.7. The van der Waals surface area contributed by atoms with Crippen LogP contribution in [-0.4, -0.2) is 38.9 Å². The molecular formula is C20H24N6. The van der Waals surface area contributed by atoms with Crippen LogP contribution in [0.2, 0.25) is 0 Å². The predicted octanol–water partition coefficient (Wildman–Crippen LogP) is 2.73. The average molecular weight is 348 g/mol. The highest BCUT2D eigenvalue weighted by Gasteiger charge is 2.20. The number of imidazole rings is 1. The third-order valence-electron chi connectivity index (χ3n) is 4.86. The average Bonchev–Trinajstić information content (AvgIpc) is 3.22. The molecular weight excluding hydrogens is 324 g/mol. The maximum Gasteiger partial charge on any atom is 0.151 e. The van der Waals surface area contributed by atoms with E-state index in [1.165, 1.54) is 18.4 Å². The third kappa shape index (κ3) is 3.91. The fraction of sp³-hybridized carbons (Fsp3) is 0.350. The lowest BCUT2D eigenvalue weighted by Crippen LogP contribution is -2.45. The lowest BCUT2D eigenvalue weighted by molar-refractivity contribution is 0.419. The molecule has 1 aliphatic rings. The van der Waals surface area contributed by atoms with Crippen LogP contribution in [0.5, 0.6) is 0 Å². The minimum absolute atomic E-state index is 0.472. The van der Waals surface area contributed by atoms with Gasteiger partial charge in [-0.2, -0.15) is 5.10 Å². The number of aromatic nitrogens is 4. The van der Waals surface area contributed by atoms with Gasteiger partial charge in [0.05, 0.1) is 12.0 Å². The number of anilines is 1. The number of nitrogens with one attached hydrogen (secondary N) is 1. The van der Waals surface area contributed by atoms with Crippen LogP contribution in [-0.2, 0) is 6.54 Å². The van der Waals surface area contributed by atoms with Crippen LogP contribution in [0.3, 0.4) is 0 Å². The lowest BCUT2D eigenvalue weighted by Gasteiger charge is -2.33. The van der Waals surface area contributed by atoms with Crippen molar-refractivity contribution in [3.63, 3.8) is 0 Å². The Hall–Kier alpha value is -2.73. The molecule has 1 saturated heterocycles. The van der Waals surface area contributed by atoms with E-state index in [9.17, 15) is 0 Å². The van der Waals surface area contributed by atoms with Crippen molar-refractivity contribution in [2.45, 2.75) is 32.4 Å². The van der Waals surface area contributed by atoms with Crippen molar-refractivity contribution in [3.05, 3.63) is 66.4 Å². The Labute approximate surface area is 153 Å². The van der Waals surface area contributed by atoms with Gasteiger partial charge in [-0.3, -0.25) is 0 Å². The van der Waals surface area contributed by atoms with E-state index in [0.29, 0.717) is 6.04 Å². The van der Waals surface area contributed by atoms with Crippen molar-refractivity contribution in [2.75, 3.05) is 18.0 Å². The lowest BCUT2D eigenvalue weighted by atomic mass is 10.1. The number of hydrogen-bond donors (Lipinski definition) is 1. The molecule has 3 aromatic rings. The van der Waals surface area contributed by atoms with E-state index < -0.39 is 0 Å². The van der Waals surface area contributed by atoms with Gasteiger partial charge >= 0.3 is 0 Å². The fourth-order valence-electron chi connectivity index (χ4n) is 3.37. The molecule has 1 atom stereocenters. The van der Waals surface area contributed by atoms with Gasteiger partial charge in [-0.25, -0.2) is 4.98 Å². The molecule has 1 aliphatic heterocycles. The highest BCUT2D eigenvalue weighted by atomic mass is 15.3. The van der Waals surface area contributed by atoms with Crippen molar-refractivity contribution in [1.29, 1.82) is 0 Å². The summed E-state index contributed by atoms with van der Waals surface area (Å²) >= 11 is 0. The first-order chi connectivity index (χ1) is 12.8. The Morgan fingerprint density at radius 3 is 2.73 bits per heavy atom. The Morgan fingerprint density at radius 2 is 2.00 bits per heavy atom. The molecule has 0 unspecified atom stereocenters. The third-order valence-corrected chi connectivity index (χ3v) is 4.86. The van der Waals surface area contributed by atoms with Crippen molar-refractivity contribution in [3.8, 4) is 5.69 Å². The molecule has 0 spiro atoms. The SMILES string of the molecule is Cc1ccc(N2CCC[C@@H](NCc3ccc(-n4ccnc4)cc3)C2)nn1. The summed E-state index contributed by atoms with van der Waals surface area (Å²) in [7, 11) is 0. The predicted molar refractivity (Wildman–Crippen MR) is 102 cm³/mol. The number of nitrogens with zero attached hydrogens (tertiary/aromatic N) is 5. The minimum Gasteiger partial charge on any atom is -0.354 e. The van der Waals surface area contributed by atoms with Gasteiger partial charge < -0.3 is 14.8 Å². The van der Waals surface area contributed by atoms with Crippen LogP contribution >= 0.6 is 0 Å². The summed E-state index contributed by atoms with van der Waals surface area (Å²) < 4.78 is 2.01. The molecule has 1 N–H and O–H groups in total. The molecule has 4 rings (SSSR count). The second-order valence-corrected chi connectivity index (χ2v) is 6.84. The van der Waals surface area contributed by atoms with Crippen molar-refractivity contribution in [2.24, 2.45) is 0 Å². The molecule has 0 amide bonds. The molecule has 26 heavy (non-hydrogen) atoms. The number of hydrogen-bond acceptors (Lipinski definition) is 5. The van der Waals surface area contributed by atoms with Crippen LogP contribution in [0, 0.1) is 6.92 Å². The van der Waals surface area contributed by atoms with Crippen LogP contribution < -0.4 is 10.2 Å². The number of piperidine rings is 1. The second-order valence-electron chi connectivity index (χ2n) is 6.84. The molecule has 0 radical (unpaired) electrons. The summed E-state index contributed by atoms with van der Waals surface area (Å²) in [6.07, 6.45) is 7.94. The number of benzene rings is 1. The number of aryl methyl sites for hydroxylation is 1. The van der Waals surface area contributed by atoms with E-state index in [1.54, 1.807) is 6.20 Å². The van der Waals surface area contributed by atoms with Crippen molar-refractivity contribution in [1.82, 2.24) is 25.1 Å². The molecule has 0 aliphatic carbocycles. The van der Waals surface area contributed by atoms with Crippen LogP contribution in [0.15, 0.2) is 55.1 Å². The largest absolute Gasteiger partial charge is 0.354 e. The monoisotopic (exact) mass is 348 g/mol. The summed E-state index contributed by atoms with van der Waals surface area (Å²) in [5, 5.41) is 12.2. The van der Waals surface area contributed by atoms with E-state index in [2.05, 4.69) is 55.7 Å². The zero-order valence-corrected chi connectivity index (χ0v) is 15.0. The van der Waals surface area contributed by atoms with Gasteiger partial charge in [0, 0.05) is 43.8 Å². The molecule has 0 bridgehead atoms. The van der Waals surface area contributed by atoms with Crippen molar-refractivity contribution >= 4 is 5.82 Å². The molecule has 134 valence electrons. The summed E-state index contributed by atoms with van der Waals surface area (Å²) in [4.78, 5) is 6.42. The molecule has 0 saturated carbocycles. The van der Waals surface area contributed by atoms with Gasteiger partial charge in [0.15, 0.2) is 5.82 Å². The summed E-state index contributed by atoms with van der Waals surface area (Å²) in [5.41, 5.74) is 3.38. The van der Waals surface area contributed by atoms with Gasteiger partial charge in [-0.15, -0.1) is 5.10 Å². The summed E-state index contributed by atoms with van der Waals surface area (Å²) in [6.45, 7) is 4.87. The summed E-state index contributed by atoms with van der Waals surface area (Å²) in [5.74, 6) is 0.979. The molecule has 3 heterocycles. The quantitative estimate of drug-likeness (QED) is 0.768. The van der Waals surface area contributed by atoms with E-state index in [4.69, 9.17) is 0 Å². The van der Waals surface area contributed by atoms with Gasteiger partial charge in [-0.05, 0) is 49.6 Å². The van der Waals surface area contributed by atoms with Gasteiger partial charge in [-0.1, -0.05) is 12.1 Å². The fourth-order valence-corrected chi connectivity index (χ4v) is 3.37. The van der Waals surface area contributed by atoms with Gasteiger partial charge in [0.1, 0.15) is 0 Å². The highest BCUT2D eigenvalue weighted by molar-refractivity contribution is 5.38. The Morgan fingerprint density at radius 1 is 1.12 bits per heavy atom. The zero-order valence-electron chi connectivity index (χ0n) is 15.0. The smallest absolute Gasteiger partial charge is 0.151 e. The Kier molecular flexibility index (Phi) is 4.93. The standard InChI is InChI=1S/C20H24N6/c1-16-4-9-20(24-23-16)25-11-2-3-18(14-25)22-13-17-5-7-19(8-6-17)26-12-10-21-15-26/h4-10,12,15,18,22H,2-3,11,13-14H2,1H3/t18-/m1/s1.